The first-order valence-electron chi connectivity index (χ1n) is 14.9. The number of nitrogens with one attached hydrogen (secondary N) is 1. The smallest absolute Gasteiger partial charge is 0.239 e. The van der Waals surface area contributed by atoms with Crippen molar-refractivity contribution in [2.75, 3.05) is 33.8 Å². The van der Waals surface area contributed by atoms with Gasteiger partial charge in [-0.15, -0.1) is 0 Å². The molecule has 1 N–H and O–H groups in total. The third kappa shape index (κ3) is 8.32. The second kappa shape index (κ2) is 14.0. The van der Waals surface area contributed by atoms with Crippen molar-refractivity contribution < 1.29 is 28.3 Å². The second-order valence-electron chi connectivity index (χ2n) is 11.7. The van der Waals surface area contributed by atoms with Crippen LogP contribution in [-0.4, -0.2) is 77.7 Å². The minimum Gasteiger partial charge on any atom is -0.493 e. The van der Waals surface area contributed by atoms with E-state index >= 15 is 0 Å². The van der Waals surface area contributed by atoms with Crippen LogP contribution in [0, 0.1) is 5.92 Å². The van der Waals surface area contributed by atoms with E-state index in [4.69, 9.17) is 18.7 Å². The summed E-state index contributed by atoms with van der Waals surface area (Å²) in [6, 6.07) is 13.2. The number of piperidine rings is 1. The predicted molar refractivity (Wildman–Crippen MR) is 159 cm³/mol. The highest BCUT2D eigenvalue weighted by Gasteiger charge is 2.32. The Morgan fingerprint density at radius 3 is 2.79 bits per heavy atom. The molecule has 2 atom stereocenters. The Bertz CT molecular complexity index is 1410. The number of amides is 2. The molecule has 2 amide bonds. The first-order valence-corrected chi connectivity index (χ1v) is 14.9. The summed E-state index contributed by atoms with van der Waals surface area (Å²) in [6.07, 6.45) is 1.92. The maximum atomic E-state index is 13.1. The third-order valence-electron chi connectivity index (χ3n) is 7.70. The van der Waals surface area contributed by atoms with E-state index in [0.29, 0.717) is 67.4 Å². The van der Waals surface area contributed by atoms with Gasteiger partial charge in [-0.25, -0.2) is 0 Å². The lowest BCUT2D eigenvalue weighted by molar-refractivity contribution is -0.135. The number of carbonyl (C=O) groups is 2. The lowest BCUT2D eigenvalue weighted by Crippen LogP contribution is -2.56. The predicted octanol–water partition coefficient (Wildman–Crippen LogP) is 3.75. The van der Waals surface area contributed by atoms with Gasteiger partial charge in [0, 0.05) is 33.0 Å². The van der Waals surface area contributed by atoms with E-state index in [1.807, 2.05) is 42.5 Å². The molecule has 11 nitrogen and oxygen atoms in total. The Morgan fingerprint density at radius 1 is 1.12 bits per heavy atom. The van der Waals surface area contributed by atoms with Gasteiger partial charge in [-0.05, 0) is 54.2 Å². The van der Waals surface area contributed by atoms with Crippen molar-refractivity contribution in [3.8, 4) is 17.2 Å². The molecule has 6 rings (SSSR count). The first kappa shape index (κ1) is 30.5. The Morgan fingerprint density at radius 2 is 1.98 bits per heavy atom. The molecule has 0 aliphatic carbocycles. The van der Waals surface area contributed by atoms with Crippen molar-refractivity contribution in [1.82, 2.24) is 25.3 Å². The number of nitrogens with zero attached hydrogens (tertiary/aromatic N) is 4. The van der Waals surface area contributed by atoms with Gasteiger partial charge in [-0.3, -0.25) is 14.5 Å². The van der Waals surface area contributed by atoms with E-state index in [1.165, 1.54) is 4.90 Å². The number of rotatable bonds is 5. The molecule has 3 aromatic rings. The molecule has 0 unspecified atom stereocenters. The molecule has 11 heteroatoms. The van der Waals surface area contributed by atoms with Gasteiger partial charge in [0.2, 0.25) is 17.7 Å². The molecule has 0 saturated carbocycles. The van der Waals surface area contributed by atoms with Crippen molar-refractivity contribution in [2.45, 2.75) is 64.8 Å². The minimum absolute atomic E-state index is 0.0224. The standard InChI is InChI=1S/C32H41N5O6/c1-21(2)14-31-34-29(35-43-31)18-37-13-12-25-28(17-37)41-20-23-6-5-7-24(15-23)42-26-10-8-22(16-27(26)40-4)9-11-32(39)36(3)19-30(38)33-25/h5-8,10,15-16,21,25,28H,9,11-14,17-20H2,1-4H3,(H,33,38)/t25-,28-/m0/s1. The second-order valence-corrected chi connectivity index (χ2v) is 11.7. The van der Waals surface area contributed by atoms with Crippen molar-refractivity contribution in [2.24, 2.45) is 5.92 Å². The van der Waals surface area contributed by atoms with E-state index in [9.17, 15) is 9.59 Å². The number of likely N-dealkylation sites (tertiary alicyclic amines) is 1. The Kier molecular flexibility index (Phi) is 9.93. The van der Waals surface area contributed by atoms with Crippen LogP contribution in [0.25, 0.3) is 0 Å². The molecule has 1 fully saturated rings. The van der Waals surface area contributed by atoms with Gasteiger partial charge in [-0.2, -0.15) is 4.98 Å². The summed E-state index contributed by atoms with van der Waals surface area (Å²) < 4.78 is 23.7. The molecule has 4 bridgehead atoms. The number of methoxy groups -OCH3 is 1. The van der Waals surface area contributed by atoms with Crippen molar-refractivity contribution >= 4 is 11.8 Å². The minimum atomic E-state index is -0.292. The number of hydrogen-bond donors (Lipinski definition) is 1. The molecule has 0 spiro atoms. The largest absolute Gasteiger partial charge is 0.493 e. The van der Waals surface area contributed by atoms with Gasteiger partial charge in [0.1, 0.15) is 5.75 Å². The van der Waals surface area contributed by atoms with Crippen molar-refractivity contribution in [3.05, 3.63) is 65.3 Å². The summed E-state index contributed by atoms with van der Waals surface area (Å²) in [7, 11) is 3.25. The Balaban J connectivity index is 1.35. The Labute approximate surface area is 252 Å². The molecule has 0 radical (unpaired) electrons. The van der Waals surface area contributed by atoms with E-state index in [2.05, 4.69) is 34.2 Å². The molecule has 3 aliphatic heterocycles. The van der Waals surface area contributed by atoms with Crippen molar-refractivity contribution in [1.29, 1.82) is 0 Å². The van der Waals surface area contributed by atoms with Crippen LogP contribution in [0.5, 0.6) is 17.2 Å². The number of ether oxygens (including phenoxy) is 3. The molecule has 230 valence electrons. The van der Waals surface area contributed by atoms with Crippen LogP contribution >= 0.6 is 0 Å². The summed E-state index contributed by atoms with van der Waals surface area (Å²) in [5.41, 5.74) is 1.89. The number of fused-ring (bicyclic) bond motifs is 9. The van der Waals surface area contributed by atoms with Crippen LogP contribution in [-0.2, 0) is 40.3 Å². The number of aryl methyl sites for hydroxylation is 1. The third-order valence-corrected chi connectivity index (χ3v) is 7.70. The average molecular weight is 592 g/mol. The van der Waals surface area contributed by atoms with Gasteiger partial charge in [-0.1, -0.05) is 37.2 Å². The van der Waals surface area contributed by atoms with Gasteiger partial charge in [0.25, 0.3) is 0 Å². The maximum absolute atomic E-state index is 13.1. The lowest BCUT2D eigenvalue weighted by atomic mass is 10.0. The molecule has 1 saturated heterocycles. The summed E-state index contributed by atoms with van der Waals surface area (Å²) in [4.78, 5) is 34.2. The normalized spacial score (nSPS) is 20.5. The zero-order valence-corrected chi connectivity index (χ0v) is 25.4. The quantitative estimate of drug-likeness (QED) is 0.473. The summed E-state index contributed by atoms with van der Waals surface area (Å²) in [5.74, 6) is 3.22. The monoisotopic (exact) mass is 591 g/mol. The van der Waals surface area contributed by atoms with Crippen LogP contribution in [0.2, 0.25) is 0 Å². The SMILES string of the molecule is COc1cc2ccc1Oc1cccc(c1)CO[C@H]1CN(Cc3noc(CC(C)C)n3)CC[C@@H]1NC(=O)CN(C)C(=O)CC2. The summed E-state index contributed by atoms with van der Waals surface area (Å²) in [6.45, 7) is 6.38. The lowest BCUT2D eigenvalue weighted by Gasteiger charge is -2.38. The van der Waals surface area contributed by atoms with Gasteiger partial charge >= 0.3 is 0 Å². The summed E-state index contributed by atoms with van der Waals surface area (Å²) in [5, 5.41) is 7.31. The zero-order chi connectivity index (χ0) is 30.3. The average Bonchev–Trinajstić information content (AvgIpc) is 3.41. The van der Waals surface area contributed by atoms with Crippen LogP contribution in [0.3, 0.4) is 0 Å². The highest BCUT2D eigenvalue weighted by atomic mass is 16.5. The number of carbonyl (C=O) groups excluding carboxylic acids is 2. The molecule has 2 aromatic carbocycles. The number of benzene rings is 2. The van der Waals surface area contributed by atoms with Crippen LogP contribution in [0.15, 0.2) is 47.0 Å². The Hall–Kier alpha value is -3.96. The molecule has 1 aromatic heterocycles. The number of hydrogen-bond acceptors (Lipinski definition) is 9. The topological polar surface area (TPSA) is 119 Å². The van der Waals surface area contributed by atoms with Crippen LogP contribution < -0.4 is 14.8 Å². The molecular weight excluding hydrogens is 550 g/mol. The highest BCUT2D eigenvalue weighted by molar-refractivity contribution is 5.84. The van der Waals surface area contributed by atoms with E-state index < -0.39 is 0 Å². The highest BCUT2D eigenvalue weighted by Crippen LogP contribution is 2.33. The fourth-order valence-corrected chi connectivity index (χ4v) is 5.42. The molecule has 4 heterocycles. The number of aromatic nitrogens is 2. The van der Waals surface area contributed by atoms with Crippen LogP contribution in [0.1, 0.15) is 49.5 Å². The van der Waals surface area contributed by atoms with E-state index in [-0.39, 0.29) is 36.9 Å². The maximum Gasteiger partial charge on any atom is 0.239 e. The summed E-state index contributed by atoms with van der Waals surface area (Å²) >= 11 is 0. The fraction of sp³-hybridized carbons (Fsp3) is 0.500. The zero-order valence-electron chi connectivity index (χ0n) is 25.4. The van der Waals surface area contributed by atoms with Gasteiger partial charge < -0.3 is 29.0 Å². The fourth-order valence-electron chi connectivity index (χ4n) is 5.42. The molecule has 43 heavy (non-hydrogen) atoms. The number of likely N-dealkylation sites (N-methyl/N-ethyl adjacent to an activating group) is 1. The molecule has 3 aliphatic rings. The molecular formula is C32H41N5O6. The first-order chi connectivity index (χ1) is 20.7. The van der Waals surface area contributed by atoms with Gasteiger partial charge in [0.15, 0.2) is 17.3 Å². The van der Waals surface area contributed by atoms with Gasteiger partial charge in [0.05, 0.1) is 39.0 Å². The van der Waals surface area contributed by atoms with E-state index in [1.54, 1.807) is 14.2 Å². The van der Waals surface area contributed by atoms with Crippen LogP contribution in [0.4, 0.5) is 0 Å². The van der Waals surface area contributed by atoms with Crippen molar-refractivity contribution in [3.63, 3.8) is 0 Å². The van der Waals surface area contributed by atoms with E-state index in [0.717, 1.165) is 24.1 Å².